The van der Waals surface area contributed by atoms with Crippen molar-refractivity contribution in [1.82, 2.24) is 5.32 Å². The van der Waals surface area contributed by atoms with Gasteiger partial charge in [-0.3, -0.25) is 4.79 Å². The van der Waals surface area contributed by atoms with E-state index < -0.39 is 29.0 Å². The van der Waals surface area contributed by atoms with Gasteiger partial charge in [0, 0.05) is 13.2 Å². The van der Waals surface area contributed by atoms with Gasteiger partial charge in [-0.05, 0) is 24.5 Å². The molecule has 0 aliphatic heterocycles. The maximum absolute atomic E-state index is 13.8. The molecule has 2 N–H and O–H groups in total. The molecule has 0 saturated heterocycles. The molecule has 0 saturated carbocycles. The standard InChI is InChI=1S/C14H17F4NO2/c1-2-9(6-7-20)8-19-13(21)10-4-3-5-11(12(10)15)14(16,17)18/h3-5,9,20H,2,6-8H2,1H3,(H,19,21). The Morgan fingerprint density at radius 3 is 2.57 bits per heavy atom. The molecule has 7 heteroatoms. The summed E-state index contributed by atoms with van der Waals surface area (Å²) in [4.78, 5) is 11.8. The summed E-state index contributed by atoms with van der Waals surface area (Å²) >= 11 is 0. The topological polar surface area (TPSA) is 49.3 Å². The Balaban J connectivity index is 2.84. The Kier molecular flexibility index (Phi) is 6.14. The van der Waals surface area contributed by atoms with Crippen LogP contribution < -0.4 is 5.32 Å². The number of nitrogens with one attached hydrogen (secondary N) is 1. The highest BCUT2D eigenvalue weighted by Crippen LogP contribution is 2.32. The maximum atomic E-state index is 13.8. The van der Waals surface area contributed by atoms with E-state index in [2.05, 4.69) is 5.32 Å². The molecule has 21 heavy (non-hydrogen) atoms. The molecule has 0 radical (unpaired) electrons. The van der Waals surface area contributed by atoms with Crippen LogP contribution in [0.3, 0.4) is 0 Å². The zero-order valence-electron chi connectivity index (χ0n) is 11.5. The van der Waals surface area contributed by atoms with E-state index in [9.17, 15) is 22.4 Å². The predicted molar refractivity (Wildman–Crippen MR) is 69.2 cm³/mol. The van der Waals surface area contributed by atoms with Gasteiger partial charge in [0.1, 0.15) is 5.82 Å². The number of carbonyl (C=O) groups excluding carboxylic acids is 1. The Hall–Kier alpha value is -1.63. The van der Waals surface area contributed by atoms with Gasteiger partial charge in [0.2, 0.25) is 0 Å². The summed E-state index contributed by atoms with van der Waals surface area (Å²) < 4.78 is 51.4. The number of amides is 1. The average Bonchev–Trinajstić information content (AvgIpc) is 2.42. The molecule has 0 aromatic heterocycles. The molecule has 118 valence electrons. The molecule has 1 aromatic carbocycles. The average molecular weight is 307 g/mol. The van der Waals surface area contributed by atoms with Crippen LogP contribution in [0, 0.1) is 11.7 Å². The van der Waals surface area contributed by atoms with Crippen LogP contribution in [0.15, 0.2) is 18.2 Å². The molecule has 0 bridgehead atoms. The molecule has 1 aromatic rings. The van der Waals surface area contributed by atoms with Gasteiger partial charge < -0.3 is 10.4 Å². The highest BCUT2D eigenvalue weighted by molar-refractivity contribution is 5.94. The number of hydrogen-bond donors (Lipinski definition) is 2. The zero-order chi connectivity index (χ0) is 16.0. The summed E-state index contributed by atoms with van der Waals surface area (Å²) in [6.45, 7) is 1.98. The predicted octanol–water partition coefficient (Wildman–Crippen LogP) is 2.98. The Morgan fingerprint density at radius 1 is 1.38 bits per heavy atom. The minimum Gasteiger partial charge on any atom is -0.396 e. The number of benzene rings is 1. The van der Waals surface area contributed by atoms with Crippen LogP contribution in [-0.2, 0) is 6.18 Å². The molecule has 0 aliphatic rings. The van der Waals surface area contributed by atoms with Crippen molar-refractivity contribution in [2.75, 3.05) is 13.2 Å². The number of halogens is 4. The first-order chi connectivity index (χ1) is 9.81. The van der Waals surface area contributed by atoms with Crippen LogP contribution in [0.5, 0.6) is 0 Å². The third kappa shape index (κ3) is 4.70. The fourth-order valence-corrected chi connectivity index (χ4v) is 1.89. The van der Waals surface area contributed by atoms with Gasteiger partial charge in [-0.1, -0.05) is 19.4 Å². The molecule has 1 atom stereocenters. The van der Waals surface area contributed by atoms with Crippen molar-refractivity contribution in [1.29, 1.82) is 0 Å². The largest absolute Gasteiger partial charge is 0.419 e. The van der Waals surface area contributed by atoms with Crippen LogP contribution in [0.4, 0.5) is 17.6 Å². The second kappa shape index (κ2) is 7.40. The van der Waals surface area contributed by atoms with Crippen molar-refractivity contribution in [3.05, 3.63) is 35.1 Å². The number of aliphatic hydroxyl groups is 1. The molecule has 1 rings (SSSR count). The van der Waals surface area contributed by atoms with Gasteiger partial charge in [0.25, 0.3) is 5.91 Å². The van der Waals surface area contributed by atoms with Crippen molar-refractivity contribution < 1.29 is 27.5 Å². The second-order valence-corrected chi connectivity index (χ2v) is 4.66. The smallest absolute Gasteiger partial charge is 0.396 e. The van der Waals surface area contributed by atoms with Gasteiger partial charge in [0.15, 0.2) is 0 Å². The number of carbonyl (C=O) groups is 1. The molecule has 0 fully saturated rings. The lowest BCUT2D eigenvalue weighted by Gasteiger charge is -2.15. The van der Waals surface area contributed by atoms with Gasteiger partial charge in [-0.2, -0.15) is 13.2 Å². The van der Waals surface area contributed by atoms with Crippen LogP contribution in [0.2, 0.25) is 0 Å². The summed E-state index contributed by atoms with van der Waals surface area (Å²) in [6, 6.07) is 2.59. The molecule has 1 unspecified atom stereocenters. The van der Waals surface area contributed by atoms with E-state index in [1.54, 1.807) is 0 Å². The summed E-state index contributed by atoms with van der Waals surface area (Å²) in [5, 5.41) is 11.2. The molecule has 0 aliphatic carbocycles. The summed E-state index contributed by atoms with van der Waals surface area (Å²) in [6.07, 6.45) is -3.70. The zero-order valence-corrected chi connectivity index (χ0v) is 11.5. The van der Waals surface area contributed by atoms with E-state index >= 15 is 0 Å². The van der Waals surface area contributed by atoms with E-state index in [1.165, 1.54) is 0 Å². The van der Waals surface area contributed by atoms with Crippen LogP contribution in [0.1, 0.15) is 35.7 Å². The monoisotopic (exact) mass is 307 g/mol. The molecular formula is C14H17F4NO2. The Morgan fingerprint density at radius 2 is 2.05 bits per heavy atom. The first-order valence-corrected chi connectivity index (χ1v) is 6.56. The number of hydrogen-bond acceptors (Lipinski definition) is 2. The SMILES string of the molecule is CCC(CCO)CNC(=O)c1cccc(C(F)(F)F)c1F. The quantitative estimate of drug-likeness (QED) is 0.794. The first-order valence-electron chi connectivity index (χ1n) is 6.56. The van der Waals surface area contributed by atoms with Crippen LogP contribution in [0.25, 0.3) is 0 Å². The molecule has 0 spiro atoms. The van der Waals surface area contributed by atoms with Gasteiger partial charge in [0.05, 0.1) is 11.1 Å². The van der Waals surface area contributed by atoms with E-state index in [4.69, 9.17) is 5.11 Å². The van der Waals surface area contributed by atoms with Crippen molar-refractivity contribution in [2.24, 2.45) is 5.92 Å². The van der Waals surface area contributed by atoms with Crippen molar-refractivity contribution >= 4 is 5.91 Å². The summed E-state index contributed by atoms with van der Waals surface area (Å²) in [7, 11) is 0. The maximum Gasteiger partial charge on any atom is 0.419 e. The summed E-state index contributed by atoms with van der Waals surface area (Å²) in [5.41, 5.74) is -2.10. The minimum absolute atomic E-state index is 0.00666. The molecular weight excluding hydrogens is 290 g/mol. The normalized spacial score (nSPS) is 13.0. The lowest BCUT2D eigenvalue weighted by molar-refractivity contribution is -0.140. The van der Waals surface area contributed by atoms with Gasteiger partial charge in [-0.25, -0.2) is 4.39 Å². The van der Waals surface area contributed by atoms with E-state index in [1.807, 2.05) is 6.92 Å². The van der Waals surface area contributed by atoms with Gasteiger partial charge >= 0.3 is 6.18 Å². The van der Waals surface area contributed by atoms with Crippen LogP contribution in [-0.4, -0.2) is 24.2 Å². The van der Waals surface area contributed by atoms with Gasteiger partial charge in [-0.15, -0.1) is 0 Å². The highest BCUT2D eigenvalue weighted by atomic mass is 19.4. The Labute approximate surface area is 120 Å². The number of aliphatic hydroxyl groups excluding tert-OH is 1. The van der Waals surface area contributed by atoms with Crippen molar-refractivity contribution in [3.63, 3.8) is 0 Å². The highest BCUT2D eigenvalue weighted by Gasteiger charge is 2.35. The fourth-order valence-electron chi connectivity index (χ4n) is 1.89. The number of rotatable bonds is 6. The van der Waals surface area contributed by atoms with Crippen molar-refractivity contribution in [2.45, 2.75) is 25.9 Å². The third-order valence-corrected chi connectivity index (χ3v) is 3.21. The Bertz CT molecular complexity index is 488. The summed E-state index contributed by atoms with van der Waals surface area (Å²) in [5.74, 6) is -2.47. The van der Waals surface area contributed by atoms with E-state index in [0.29, 0.717) is 18.9 Å². The third-order valence-electron chi connectivity index (χ3n) is 3.21. The van der Waals surface area contributed by atoms with Crippen molar-refractivity contribution in [3.8, 4) is 0 Å². The second-order valence-electron chi connectivity index (χ2n) is 4.66. The fraction of sp³-hybridized carbons (Fsp3) is 0.500. The minimum atomic E-state index is -4.84. The van der Waals surface area contributed by atoms with E-state index in [-0.39, 0.29) is 19.1 Å². The molecule has 3 nitrogen and oxygen atoms in total. The first kappa shape index (κ1) is 17.4. The lowest BCUT2D eigenvalue weighted by Crippen LogP contribution is -2.30. The van der Waals surface area contributed by atoms with Crippen LogP contribution >= 0.6 is 0 Å². The lowest BCUT2D eigenvalue weighted by atomic mass is 10.0. The molecule has 1 amide bonds. The molecule has 0 heterocycles. The number of alkyl halides is 3. The van der Waals surface area contributed by atoms with E-state index in [0.717, 1.165) is 12.1 Å².